The molecule has 1 saturated heterocycles. The highest BCUT2D eigenvalue weighted by Gasteiger charge is 2.24. The summed E-state index contributed by atoms with van der Waals surface area (Å²) in [5.74, 6) is -0.196. The predicted molar refractivity (Wildman–Crippen MR) is 68.2 cm³/mol. The van der Waals surface area contributed by atoms with Crippen LogP contribution in [0.3, 0.4) is 0 Å². The number of halogens is 1. The van der Waals surface area contributed by atoms with Gasteiger partial charge >= 0.3 is 0 Å². The summed E-state index contributed by atoms with van der Waals surface area (Å²) in [5, 5.41) is 0. The predicted octanol–water partition coefficient (Wildman–Crippen LogP) is 1.54. The summed E-state index contributed by atoms with van der Waals surface area (Å²) in [4.78, 5) is 4.53. The van der Waals surface area contributed by atoms with E-state index in [-0.39, 0.29) is 5.82 Å². The number of likely N-dealkylation sites (tertiary alicyclic amines) is 1. The Hall–Kier alpha value is -1.13. The molecule has 1 atom stereocenters. The van der Waals surface area contributed by atoms with Gasteiger partial charge in [0.05, 0.1) is 0 Å². The molecular weight excluding hydrogens is 217 g/mol. The van der Waals surface area contributed by atoms with E-state index in [4.69, 9.17) is 5.73 Å². The van der Waals surface area contributed by atoms with E-state index in [1.807, 2.05) is 0 Å². The largest absolute Gasteiger partial charge is 0.399 e. The van der Waals surface area contributed by atoms with Crippen LogP contribution in [0, 0.1) is 5.82 Å². The lowest BCUT2D eigenvalue weighted by Crippen LogP contribution is -2.31. The van der Waals surface area contributed by atoms with E-state index >= 15 is 0 Å². The van der Waals surface area contributed by atoms with Gasteiger partial charge < -0.3 is 10.6 Å². The van der Waals surface area contributed by atoms with Gasteiger partial charge in [-0.2, -0.15) is 0 Å². The van der Waals surface area contributed by atoms with Crippen molar-refractivity contribution in [2.75, 3.05) is 32.9 Å². The molecule has 0 amide bonds. The first-order chi connectivity index (χ1) is 8.06. The fraction of sp³-hybridized carbons (Fsp3) is 0.538. The van der Waals surface area contributed by atoms with Crippen LogP contribution in [-0.4, -0.2) is 43.0 Å². The van der Waals surface area contributed by atoms with Gasteiger partial charge in [0.2, 0.25) is 0 Å². The number of nitrogens with zero attached hydrogens (tertiary/aromatic N) is 2. The molecule has 1 aromatic rings. The molecule has 1 unspecified atom stereocenters. The fourth-order valence-electron chi connectivity index (χ4n) is 2.31. The van der Waals surface area contributed by atoms with Crippen LogP contribution in [0.2, 0.25) is 0 Å². The summed E-state index contributed by atoms with van der Waals surface area (Å²) in [6.45, 7) is 2.72. The van der Waals surface area contributed by atoms with E-state index in [1.165, 1.54) is 6.07 Å². The van der Waals surface area contributed by atoms with Crippen LogP contribution in [0.1, 0.15) is 12.0 Å². The minimum Gasteiger partial charge on any atom is -0.399 e. The molecule has 0 radical (unpaired) electrons. The second-order valence-corrected chi connectivity index (χ2v) is 4.99. The Kier molecular flexibility index (Phi) is 3.64. The Morgan fingerprint density at radius 2 is 2.24 bits per heavy atom. The van der Waals surface area contributed by atoms with Crippen molar-refractivity contribution in [1.82, 2.24) is 9.80 Å². The van der Waals surface area contributed by atoms with E-state index in [1.54, 1.807) is 12.1 Å². The lowest BCUT2D eigenvalue weighted by atomic mass is 10.2. The van der Waals surface area contributed by atoms with Crippen molar-refractivity contribution in [2.24, 2.45) is 0 Å². The summed E-state index contributed by atoms with van der Waals surface area (Å²) >= 11 is 0. The highest BCUT2D eigenvalue weighted by molar-refractivity contribution is 5.40. The number of nitrogens with two attached hydrogens (primary N) is 1. The highest BCUT2D eigenvalue weighted by Crippen LogP contribution is 2.19. The van der Waals surface area contributed by atoms with E-state index < -0.39 is 0 Å². The minimum atomic E-state index is -0.196. The molecule has 1 aromatic carbocycles. The second kappa shape index (κ2) is 5.02. The van der Waals surface area contributed by atoms with E-state index in [2.05, 4.69) is 23.9 Å². The van der Waals surface area contributed by atoms with Crippen LogP contribution in [0.5, 0.6) is 0 Å². The van der Waals surface area contributed by atoms with Gasteiger partial charge in [-0.05, 0) is 32.6 Å². The Morgan fingerprint density at radius 1 is 1.47 bits per heavy atom. The number of hydrogen-bond donors (Lipinski definition) is 1. The fourth-order valence-corrected chi connectivity index (χ4v) is 2.31. The molecule has 0 saturated carbocycles. The first-order valence-electron chi connectivity index (χ1n) is 5.99. The topological polar surface area (TPSA) is 32.5 Å². The number of rotatable bonds is 3. The molecule has 0 aliphatic carbocycles. The van der Waals surface area contributed by atoms with E-state index in [0.717, 1.165) is 25.1 Å². The van der Waals surface area contributed by atoms with Gasteiger partial charge in [-0.15, -0.1) is 0 Å². The molecule has 0 aromatic heterocycles. The summed E-state index contributed by atoms with van der Waals surface area (Å²) in [6, 6.07) is 5.53. The van der Waals surface area contributed by atoms with Gasteiger partial charge in [0.15, 0.2) is 0 Å². The third kappa shape index (κ3) is 2.96. The SMILES string of the molecule is CN(C)C1CCN(Cc2ccc(N)cc2F)C1. The van der Waals surface area contributed by atoms with Crippen molar-refractivity contribution in [3.05, 3.63) is 29.6 Å². The standard InChI is InChI=1S/C13H20FN3/c1-16(2)12-5-6-17(9-12)8-10-3-4-11(15)7-13(10)14/h3-4,7,12H,5-6,8-9,15H2,1-2H3. The van der Waals surface area contributed by atoms with Gasteiger partial charge in [-0.25, -0.2) is 4.39 Å². The normalized spacial score (nSPS) is 21.3. The Labute approximate surface area is 102 Å². The maximum atomic E-state index is 13.6. The second-order valence-electron chi connectivity index (χ2n) is 4.99. The van der Waals surface area contributed by atoms with Crippen LogP contribution in [0.15, 0.2) is 18.2 Å². The molecular formula is C13H20FN3. The lowest BCUT2D eigenvalue weighted by Gasteiger charge is -2.20. The van der Waals surface area contributed by atoms with Crippen LogP contribution in [0.4, 0.5) is 10.1 Å². The Balaban J connectivity index is 1.98. The number of benzene rings is 1. The number of likely N-dealkylation sites (N-methyl/N-ethyl adjacent to an activating group) is 1. The summed E-state index contributed by atoms with van der Waals surface area (Å²) in [6.07, 6.45) is 1.16. The highest BCUT2D eigenvalue weighted by atomic mass is 19.1. The minimum absolute atomic E-state index is 0.196. The molecule has 1 aliphatic heterocycles. The molecule has 0 bridgehead atoms. The number of anilines is 1. The third-order valence-electron chi connectivity index (χ3n) is 3.45. The molecule has 1 fully saturated rings. The Morgan fingerprint density at radius 3 is 2.82 bits per heavy atom. The van der Waals surface area contributed by atoms with Crippen molar-refractivity contribution < 1.29 is 4.39 Å². The van der Waals surface area contributed by atoms with Crippen LogP contribution >= 0.6 is 0 Å². The van der Waals surface area contributed by atoms with E-state index in [9.17, 15) is 4.39 Å². The van der Waals surface area contributed by atoms with Gasteiger partial charge in [0, 0.05) is 36.9 Å². The van der Waals surface area contributed by atoms with Crippen molar-refractivity contribution >= 4 is 5.69 Å². The van der Waals surface area contributed by atoms with Crippen molar-refractivity contribution in [3.8, 4) is 0 Å². The molecule has 1 heterocycles. The van der Waals surface area contributed by atoms with Gasteiger partial charge in [0.25, 0.3) is 0 Å². The quantitative estimate of drug-likeness (QED) is 0.809. The molecule has 4 heteroatoms. The molecule has 2 N–H and O–H groups in total. The zero-order chi connectivity index (χ0) is 12.4. The zero-order valence-electron chi connectivity index (χ0n) is 10.5. The van der Waals surface area contributed by atoms with Gasteiger partial charge in [-0.3, -0.25) is 4.90 Å². The van der Waals surface area contributed by atoms with Gasteiger partial charge in [-0.1, -0.05) is 6.07 Å². The molecule has 0 spiro atoms. The summed E-state index contributed by atoms with van der Waals surface area (Å²) in [5.41, 5.74) is 6.76. The maximum Gasteiger partial charge on any atom is 0.129 e. The molecule has 17 heavy (non-hydrogen) atoms. The maximum absolute atomic E-state index is 13.6. The number of hydrogen-bond acceptors (Lipinski definition) is 3. The van der Waals surface area contributed by atoms with Gasteiger partial charge in [0.1, 0.15) is 5.82 Å². The molecule has 2 rings (SSSR count). The summed E-state index contributed by atoms with van der Waals surface area (Å²) < 4.78 is 13.6. The smallest absolute Gasteiger partial charge is 0.129 e. The Bertz CT molecular complexity index is 392. The monoisotopic (exact) mass is 237 g/mol. The van der Waals surface area contributed by atoms with E-state index in [0.29, 0.717) is 18.3 Å². The summed E-state index contributed by atoms with van der Waals surface area (Å²) in [7, 11) is 4.19. The molecule has 3 nitrogen and oxygen atoms in total. The average Bonchev–Trinajstić information content (AvgIpc) is 2.71. The van der Waals surface area contributed by atoms with Crippen molar-refractivity contribution in [1.29, 1.82) is 0 Å². The zero-order valence-corrected chi connectivity index (χ0v) is 10.5. The first-order valence-corrected chi connectivity index (χ1v) is 5.99. The van der Waals surface area contributed by atoms with Crippen molar-refractivity contribution in [2.45, 2.75) is 19.0 Å². The van der Waals surface area contributed by atoms with Crippen LogP contribution < -0.4 is 5.73 Å². The molecule has 1 aliphatic rings. The van der Waals surface area contributed by atoms with Crippen LogP contribution in [0.25, 0.3) is 0 Å². The number of nitrogen functional groups attached to an aromatic ring is 1. The lowest BCUT2D eigenvalue weighted by molar-refractivity contribution is 0.263. The van der Waals surface area contributed by atoms with Crippen molar-refractivity contribution in [3.63, 3.8) is 0 Å². The molecule has 94 valence electrons. The van der Waals surface area contributed by atoms with Crippen LogP contribution in [-0.2, 0) is 6.54 Å². The first kappa shape index (κ1) is 12.3. The average molecular weight is 237 g/mol. The third-order valence-corrected chi connectivity index (χ3v) is 3.45.